The Bertz CT molecular complexity index is 1150. The standard InChI is InChI=1S/C30H30O2/c1-29(2,3)25-17-19(21-11-7-9-13-23(21)27(25)31)15-16-20-18-26(30(4,5)6)28(32)24-14-10-8-12-22(20)24/h7-18H,1-6H3. The highest BCUT2D eigenvalue weighted by atomic mass is 16.1. The van der Waals surface area contributed by atoms with Crippen LogP contribution < -0.4 is 0 Å². The molecule has 0 amide bonds. The predicted octanol–water partition coefficient (Wildman–Crippen LogP) is 7.49. The largest absolute Gasteiger partial charge is 0.289 e. The number of fused-ring (bicyclic) bond motifs is 2. The van der Waals surface area contributed by atoms with Crippen LogP contribution in [0.3, 0.4) is 0 Å². The first-order valence-corrected chi connectivity index (χ1v) is 11.1. The minimum atomic E-state index is -0.250. The molecule has 162 valence electrons. The molecule has 0 aromatic heterocycles. The molecule has 4 rings (SSSR count). The summed E-state index contributed by atoms with van der Waals surface area (Å²) in [5.41, 5.74) is 6.53. The highest BCUT2D eigenvalue weighted by Crippen LogP contribution is 2.40. The fourth-order valence-corrected chi connectivity index (χ4v) is 4.32. The van der Waals surface area contributed by atoms with Crippen molar-refractivity contribution in [1.82, 2.24) is 0 Å². The molecule has 0 saturated heterocycles. The predicted molar refractivity (Wildman–Crippen MR) is 133 cm³/mol. The van der Waals surface area contributed by atoms with Crippen LogP contribution in [0.4, 0.5) is 0 Å². The summed E-state index contributed by atoms with van der Waals surface area (Å²) in [7, 11) is 0. The van der Waals surface area contributed by atoms with Gasteiger partial charge in [0.2, 0.25) is 0 Å². The topological polar surface area (TPSA) is 34.1 Å². The minimum Gasteiger partial charge on any atom is -0.289 e. The zero-order valence-corrected chi connectivity index (χ0v) is 19.7. The van der Waals surface area contributed by atoms with Crippen LogP contribution in [0.5, 0.6) is 0 Å². The maximum absolute atomic E-state index is 13.1. The van der Waals surface area contributed by atoms with E-state index in [-0.39, 0.29) is 22.4 Å². The molecule has 0 bridgehead atoms. The van der Waals surface area contributed by atoms with Gasteiger partial charge in [0.1, 0.15) is 0 Å². The average Bonchev–Trinajstić information content (AvgIpc) is 2.73. The Morgan fingerprint density at radius 1 is 0.531 bits per heavy atom. The van der Waals surface area contributed by atoms with E-state index in [0.717, 1.165) is 44.5 Å². The van der Waals surface area contributed by atoms with Gasteiger partial charge < -0.3 is 0 Å². The molecule has 0 radical (unpaired) electrons. The number of ketones is 2. The van der Waals surface area contributed by atoms with Gasteiger partial charge in [-0.05, 0) is 45.3 Å². The molecule has 0 fully saturated rings. The van der Waals surface area contributed by atoms with E-state index in [1.807, 2.05) is 60.7 Å². The number of Topliss-reactive ketones (excluding diaryl/α,β-unsaturated/α-hetero) is 2. The molecule has 0 atom stereocenters. The van der Waals surface area contributed by atoms with Crippen LogP contribution in [0.2, 0.25) is 0 Å². The van der Waals surface area contributed by atoms with Crippen LogP contribution in [0.1, 0.15) is 73.4 Å². The van der Waals surface area contributed by atoms with Crippen LogP contribution in [0.15, 0.2) is 84.0 Å². The van der Waals surface area contributed by atoms with E-state index >= 15 is 0 Å². The Labute approximate surface area is 191 Å². The number of hydrogen-bond donors (Lipinski definition) is 0. The lowest BCUT2D eigenvalue weighted by Gasteiger charge is -2.28. The Morgan fingerprint density at radius 2 is 0.844 bits per heavy atom. The molecule has 2 aliphatic carbocycles. The van der Waals surface area contributed by atoms with Gasteiger partial charge >= 0.3 is 0 Å². The van der Waals surface area contributed by atoms with Crippen molar-refractivity contribution in [1.29, 1.82) is 0 Å². The fourth-order valence-electron chi connectivity index (χ4n) is 4.32. The molecular formula is C30H30O2. The molecule has 2 aromatic carbocycles. The third-order valence-corrected chi connectivity index (χ3v) is 6.11. The molecule has 0 aliphatic heterocycles. The molecule has 0 heterocycles. The Balaban J connectivity index is 1.91. The molecule has 32 heavy (non-hydrogen) atoms. The van der Waals surface area contributed by atoms with Gasteiger partial charge in [0.15, 0.2) is 11.6 Å². The van der Waals surface area contributed by atoms with E-state index in [4.69, 9.17) is 0 Å². The summed E-state index contributed by atoms with van der Waals surface area (Å²) in [6.45, 7) is 12.4. The van der Waals surface area contributed by atoms with E-state index in [0.29, 0.717) is 0 Å². The second-order valence-electron chi connectivity index (χ2n) is 10.6. The Kier molecular flexibility index (Phi) is 5.29. The van der Waals surface area contributed by atoms with Crippen molar-refractivity contribution in [3.63, 3.8) is 0 Å². The third-order valence-electron chi connectivity index (χ3n) is 6.11. The van der Waals surface area contributed by atoms with E-state index in [2.05, 4.69) is 53.7 Å². The number of benzene rings is 2. The van der Waals surface area contributed by atoms with E-state index < -0.39 is 0 Å². The minimum absolute atomic E-state index is 0.0985. The highest BCUT2D eigenvalue weighted by Gasteiger charge is 2.31. The molecule has 2 heteroatoms. The summed E-state index contributed by atoms with van der Waals surface area (Å²) in [6.07, 6.45) is 8.21. The summed E-state index contributed by atoms with van der Waals surface area (Å²) >= 11 is 0. The van der Waals surface area contributed by atoms with Gasteiger partial charge in [-0.15, -0.1) is 0 Å². The first kappa shape index (κ1) is 22.0. The summed E-state index contributed by atoms with van der Waals surface area (Å²) in [4.78, 5) is 26.2. The lowest BCUT2D eigenvalue weighted by Crippen LogP contribution is -2.22. The van der Waals surface area contributed by atoms with E-state index in [9.17, 15) is 9.59 Å². The number of carbonyl (C=O) groups is 2. The number of allylic oxidation sites excluding steroid dienone is 8. The van der Waals surface area contributed by atoms with Crippen LogP contribution in [0.25, 0.3) is 11.1 Å². The van der Waals surface area contributed by atoms with Gasteiger partial charge in [0.25, 0.3) is 0 Å². The zero-order chi connectivity index (χ0) is 23.3. The average molecular weight is 423 g/mol. The van der Waals surface area contributed by atoms with Crippen LogP contribution in [0, 0.1) is 10.8 Å². The van der Waals surface area contributed by atoms with Gasteiger partial charge in [-0.2, -0.15) is 0 Å². The van der Waals surface area contributed by atoms with Gasteiger partial charge in [0.05, 0.1) is 0 Å². The van der Waals surface area contributed by atoms with Crippen molar-refractivity contribution in [2.45, 2.75) is 41.5 Å². The number of rotatable bonds is 1. The second kappa shape index (κ2) is 7.70. The summed E-state index contributed by atoms with van der Waals surface area (Å²) in [5, 5.41) is 0. The number of hydrogen-bond acceptors (Lipinski definition) is 2. The molecule has 0 spiro atoms. The molecular weight excluding hydrogens is 392 g/mol. The summed E-state index contributed by atoms with van der Waals surface area (Å²) in [5.74, 6) is 0.197. The Morgan fingerprint density at radius 3 is 1.16 bits per heavy atom. The molecule has 2 nitrogen and oxygen atoms in total. The lowest BCUT2D eigenvalue weighted by atomic mass is 9.75. The Hall–Kier alpha value is -3.26. The number of carbonyl (C=O) groups excluding carboxylic acids is 2. The molecule has 0 unspecified atom stereocenters. The normalized spacial score (nSPS) is 18.9. The van der Waals surface area contributed by atoms with Gasteiger partial charge in [0, 0.05) is 22.3 Å². The molecule has 2 aliphatic rings. The fraction of sp³-hybridized carbons (Fsp3) is 0.267. The highest BCUT2D eigenvalue weighted by molar-refractivity contribution is 6.18. The zero-order valence-electron chi connectivity index (χ0n) is 19.7. The van der Waals surface area contributed by atoms with Crippen molar-refractivity contribution in [3.8, 4) is 0 Å². The van der Waals surface area contributed by atoms with Crippen molar-refractivity contribution in [3.05, 3.63) is 106 Å². The van der Waals surface area contributed by atoms with E-state index in [1.54, 1.807) is 0 Å². The summed E-state index contributed by atoms with van der Waals surface area (Å²) < 4.78 is 0. The van der Waals surface area contributed by atoms with Crippen LogP contribution in [-0.4, -0.2) is 11.6 Å². The quantitative estimate of drug-likeness (QED) is 0.477. The van der Waals surface area contributed by atoms with Gasteiger partial charge in [-0.3, -0.25) is 9.59 Å². The van der Waals surface area contributed by atoms with Crippen molar-refractivity contribution in [2.75, 3.05) is 0 Å². The van der Waals surface area contributed by atoms with Crippen LogP contribution in [-0.2, 0) is 0 Å². The van der Waals surface area contributed by atoms with E-state index in [1.165, 1.54) is 0 Å². The lowest BCUT2D eigenvalue weighted by molar-refractivity contribution is 0.1000. The van der Waals surface area contributed by atoms with Crippen molar-refractivity contribution in [2.24, 2.45) is 10.8 Å². The van der Waals surface area contributed by atoms with Crippen molar-refractivity contribution >= 4 is 22.7 Å². The summed E-state index contributed by atoms with van der Waals surface area (Å²) in [6, 6.07) is 15.6. The smallest absolute Gasteiger partial charge is 0.190 e. The first-order chi connectivity index (χ1) is 15.0. The first-order valence-electron chi connectivity index (χ1n) is 11.1. The molecule has 2 aromatic rings. The monoisotopic (exact) mass is 422 g/mol. The van der Waals surface area contributed by atoms with Crippen LogP contribution >= 0.6 is 0 Å². The maximum atomic E-state index is 13.1. The SMILES string of the molecule is CC(C)(C)C1=CC(=CC=C2C=C(C(C)(C)C)C(=O)c3ccccc32)c2ccccc2C1=O. The van der Waals surface area contributed by atoms with Gasteiger partial charge in [-0.25, -0.2) is 0 Å². The molecule has 0 N–H and O–H groups in total. The molecule has 0 saturated carbocycles. The third kappa shape index (κ3) is 3.86. The van der Waals surface area contributed by atoms with Gasteiger partial charge in [-0.1, -0.05) is 102 Å². The van der Waals surface area contributed by atoms with Crippen molar-refractivity contribution < 1.29 is 9.59 Å². The second-order valence-corrected chi connectivity index (χ2v) is 10.6. The maximum Gasteiger partial charge on any atom is 0.190 e.